The molecular weight excluding hydrogens is 448 g/mol. The molecule has 36 heavy (non-hydrogen) atoms. The van der Waals surface area contributed by atoms with Gasteiger partial charge in [0.2, 0.25) is 0 Å². The first-order chi connectivity index (χ1) is 17.3. The normalized spacial score (nSPS) is 35.8. The quantitative estimate of drug-likeness (QED) is 0.302. The molecule has 2 bridgehead atoms. The molecule has 198 valence electrons. The molecular formula is C32H46O4. The highest BCUT2D eigenvalue weighted by molar-refractivity contribution is 5.82. The van der Waals surface area contributed by atoms with E-state index in [0.29, 0.717) is 31.3 Å². The van der Waals surface area contributed by atoms with Crippen LogP contribution in [0.3, 0.4) is 0 Å². The molecule has 3 aliphatic rings. The fourth-order valence-electron chi connectivity index (χ4n) is 5.27. The Morgan fingerprint density at radius 3 is 2.67 bits per heavy atom. The maximum absolute atomic E-state index is 12.7. The second kappa shape index (κ2) is 14.5. The first-order valence-electron chi connectivity index (χ1n) is 13.8. The van der Waals surface area contributed by atoms with Crippen molar-refractivity contribution in [1.82, 2.24) is 0 Å². The highest BCUT2D eigenvalue weighted by atomic mass is 16.5. The number of rotatable bonds is 3. The van der Waals surface area contributed by atoms with Crippen molar-refractivity contribution in [2.75, 3.05) is 6.61 Å². The first kappa shape index (κ1) is 28.4. The third-order valence-electron chi connectivity index (χ3n) is 7.23. The maximum atomic E-state index is 12.7. The number of ether oxygens (including phenoxy) is 3. The van der Waals surface area contributed by atoms with Crippen molar-refractivity contribution in [2.45, 2.75) is 97.1 Å². The Morgan fingerprint density at radius 1 is 1.06 bits per heavy atom. The summed E-state index contributed by atoms with van der Waals surface area (Å²) in [4.78, 5) is 12.7. The van der Waals surface area contributed by atoms with Crippen LogP contribution in [0.25, 0.3) is 0 Å². The van der Waals surface area contributed by atoms with Crippen LogP contribution in [0.2, 0.25) is 0 Å². The Balaban J connectivity index is 1.70. The van der Waals surface area contributed by atoms with E-state index in [4.69, 9.17) is 14.2 Å². The van der Waals surface area contributed by atoms with E-state index in [2.05, 4.69) is 76.8 Å². The van der Waals surface area contributed by atoms with Gasteiger partial charge in [0.25, 0.3) is 0 Å². The smallest absolute Gasteiger partial charge is 0.330 e. The molecule has 0 N–H and O–H groups in total. The van der Waals surface area contributed by atoms with Gasteiger partial charge in [-0.2, -0.15) is 0 Å². The molecule has 3 rings (SSSR count). The van der Waals surface area contributed by atoms with Crippen LogP contribution in [0, 0.1) is 17.8 Å². The summed E-state index contributed by atoms with van der Waals surface area (Å²) in [6.07, 6.45) is 24.9. The number of carbonyl (C=O) groups excluding carboxylic acids is 1. The number of carbonyl (C=O) groups is 1. The number of cyclic esters (lactones) is 1. The molecule has 0 fully saturated rings. The molecule has 0 amide bonds. The summed E-state index contributed by atoms with van der Waals surface area (Å²) in [5.74, 6) is 0.715. The zero-order valence-electron chi connectivity index (χ0n) is 22.7. The number of hydrogen-bond donors (Lipinski definition) is 0. The van der Waals surface area contributed by atoms with Gasteiger partial charge >= 0.3 is 5.97 Å². The van der Waals surface area contributed by atoms with Gasteiger partial charge in [0.05, 0.1) is 24.9 Å². The largest absolute Gasteiger partial charge is 0.458 e. The van der Waals surface area contributed by atoms with Gasteiger partial charge in [-0.1, -0.05) is 87.1 Å². The predicted octanol–water partition coefficient (Wildman–Crippen LogP) is 7.44. The lowest BCUT2D eigenvalue weighted by atomic mass is 9.90. The van der Waals surface area contributed by atoms with Crippen molar-refractivity contribution in [2.24, 2.45) is 17.8 Å². The van der Waals surface area contributed by atoms with E-state index < -0.39 is 0 Å². The van der Waals surface area contributed by atoms with Crippen LogP contribution in [-0.4, -0.2) is 37.0 Å². The minimum Gasteiger partial charge on any atom is -0.458 e. The van der Waals surface area contributed by atoms with Crippen molar-refractivity contribution >= 4 is 5.97 Å². The average Bonchev–Trinajstić information content (AvgIpc) is 2.81. The van der Waals surface area contributed by atoms with Crippen LogP contribution in [-0.2, 0) is 19.0 Å². The third-order valence-corrected chi connectivity index (χ3v) is 7.23. The Bertz CT molecular complexity index is 877. The summed E-state index contributed by atoms with van der Waals surface area (Å²) in [6.45, 7) is 13.8. The van der Waals surface area contributed by atoms with Crippen LogP contribution < -0.4 is 0 Å². The van der Waals surface area contributed by atoms with E-state index >= 15 is 0 Å². The third kappa shape index (κ3) is 10.1. The predicted molar refractivity (Wildman–Crippen MR) is 148 cm³/mol. The lowest BCUT2D eigenvalue weighted by Crippen LogP contribution is -2.26. The van der Waals surface area contributed by atoms with E-state index in [-0.39, 0.29) is 36.3 Å². The lowest BCUT2D eigenvalue weighted by molar-refractivity contribution is -0.144. The van der Waals surface area contributed by atoms with Crippen molar-refractivity contribution in [3.63, 3.8) is 0 Å². The Morgan fingerprint density at radius 2 is 1.86 bits per heavy atom. The molecule has 0 saturated carbocycles. The van der Waals surface area contributed by atoms with E-state index in [0.717, 1.165) is 32.1 Å². The van der Waals surface area contributed by atoms with E-state index in [9.17, 15) is 4.79 Å². The summed E-state index contributed by atoms with van der Waals surface area (Å²) in [5.41, 5.74) is 2.65. The lowest BCUT2D eigenvalue weighted by Gasteiger charge is -2.28. The van der Waals surface area contributed by atoms with Crippen molar-refractivity contribution in [3.05, 3.63) is 72.4 Å². The molecule has 0 aromatic carbocycles. The minimum absolute atomic E-state index is 0.00990. The second-order valence-electron chi connectivity index (χ2n) is 11.1. The summed E-state index contributed by atoms with van der Waals surface area (Å²) >= 11 is 0. The van der Waals surface area contributed by atoms with Crippen molar-refractivity contribution in [3.8, 4) is 0 Å². The molecule has 4 heteroatoms. The zero-order chi connectivity index (χ0) is 25.9. The molecule has 0 saturated heterocycles. The van der Waals surface area contributed by atoms with Gasteiger partial charge in [0.1, 0.15) is 6.10 Å². The van der Waals surface area contributed by atoms with Gasteiger partial charge in [-0.05, 0) is 57.3 Å². The van der Waals surface area contributed by atoms with Gasteiger partial charge in [0.15, 0.2) is 0 Å². The van der Waals surface area contributed by atoms with E-state index in [1.165, 1.54) is 11.1 Å². The molecule has 3 aliphatic heterocycles. The molecule has 4 nitrogen and oxygen atoms in total. The molecule has 0 aliphatic carbocycles. The SMILES string of the molecule is C=C1C[C@H](C)C[C@@H]2CC=C[C@@H](C/C=C/C(=O)O[C@H]([C@@H](C)/C=C/[C@@H]3CC(C)=CCO3)C/C=C/[C@@H](C)C1)O2. The maximum Gasteiger partial charge on any atom is 0.330 e. The first-order valence-corrected chi connectivity index (χ1v) is 13.8. The van der Waals surface area contributed by atoms with Crippen LogP contribution in [0.15, 0.2) is 72.4 Å². The van der Waals surface area contributed by atoms with Crippen LogP contribution in [0.5, 0.6) is 0 Å². The van der Waals surface area contributed by atoms with Gasteiger partial charge in [0, 0.05) is 18.4 Å². The molecule has 0 unspecified atom stereocenters. The van der Waals surface area contributed by atoms with Gasteiger partial charge in [-0.15, -0.1) is 0 Å². The molecule has 3 heterocycles. The minimum atomic E-state index is -0.297. The summed E-state index contributed by atoms with van der Waals surface area (Å²) < 4.78 is 18.1. The Hall–Kier alpha value is -2.17. The van der Waals surface area contributed by atoms with Crippen LogP contribution in [0.4, 0.5) is 0 Å². The number of hydrogen-bond acceptors (Lipinski definition) is 4. The fraction of sp³-hybridized carbons (Fsp3) is 0.594. The second-order valence-corrected chi connectivity index (χ2v) is 11.1. The van der Waals surface area contributed by atoms with Gasteiger partial charge in [-0.25, -0.2) is 4.79 Å². The summed E-state index contributed by atoms with van der Waals surface area (Å²) in [7, 11) is 0. The van der Waals surface area contributed by atoms with E-state index in [1.807, 2.05) is 6.08 Å². The highest BCUT2D eigenvalue weighted by Crippen LogP contribution is 2.27. The fourth-order valence-corrected chi connectivity index (χ4v) is 5.27. The molecule has 0 radical (unpaired) electrons. The molecule has 0 spiro atoms. The Kier molecular flexibility index (Phi) is 11.5. The summed E-state index contributed by atoms with van der Waals surface area (Å²) in [5, 5.41) is 0. The topological polar surface area (TPSA) is 44.8 Å². The molecule has 0 aromatic rings. The molecule has 7 atom stereocenters. The number of fused-ring (bicyclic) bond motifs is 2. The standard InChI is InChI=1S/C32H46O4/c1-23-9-6-13-31(27(5)15-16-29-21-24(2)17-18-34-29)36-32(33)14-8-11-28-10-7-12-30(35-28)22-26(4)20-25(3)19-23/h6-10,14-17,23,26-31H,3,11-13,18-22H2,1-2,4-5H3/b9-6+,14-8+,16-15+/t23-,26+,27+,28+,29-,30+,31+/m1/s1. The van der Waals surface area contributed by atoms with Crippen molar-refractivity contribution in [1.29, 1.82) is 0 Å². The highest BCUT2D eigenvalue weighted by Gasteiger charge is 2.22. The molecule has 0 aromatic heterocycles. The average molecular weight is 495 g/mol. The van der Waals surface area contributed by atoms with Gasteiger partial charge in [-0.3, -0.25) is 0 Å². The van der Waals surface area contributed by atoms with Crippen LogP contribution in [0.1, 0.15) is 72.6 Å². The van der Waals surface area contributed by atoms with Crippen LogP contribution >= 0.6 is 0 Å². The van der Waals surface area contributed by atoms with E-state index in [1.54, 1.807) is 6.08 Å². The summed E-state index contributed by atoms with van der Waals surface area (Å²) in [6, 6.07) is 0. The number of esters is 1. The zero-order valence-corrected chi connectivity index (χ0v) is 22.7. The monoisotopic (exact) mass is 494 g/mol. The Labute approximate surface area is 218 Å². The van der Waals surface area contributed by atoms with Gasteiger partial charge < -0.3 is 14.2 Å². The van der Waals surface area contributed by atoms with Crippen molar-refractivity contribution < 1.29 is 19.0 Å². The number of allylic oxidation sites excluding steroid dienone is 2.